The number of rotatable bonds is 4. The third-order valence-corrected chi connectivity index (χ3v) is 7.30. The average molecular weight is 453 g/mol. The van der Waals surface area contributed by atoms with E-state index in [2.05, 4.69) is 24.9 Å². The van der Waals surface area contributed by atoms with Crippen LogP contribution in [0.4, 0.5) is 0 Å². The highest BCUT2D eigenvalue weighted by molar-refractivity contribution is 5.91. The summed E-state index contributed by atoms with van der Waals surface area (Å²) in [6.07, 6.45) is 4.89. The molecule has 2 aromatic heterocycles. The highest BCUT2D eigenvalue weighted by Crippen LogP contribution is 2.52. The van der Waals surface area contributed by atoms with Crippen LogP contribution in [-0.2, 0) is 4.79 Å². The SMILES string of the molecule is CC(C)c1ccc(-c2nn3c([C@@H]4[C@@H](C(=O)O)[C@H]5C=C[C@H]4C5)nc4ccccc4c3nc2=O)cc1. The Bertz CT molecular complexity index is 1540. The third kappa shape index (κ3) is 3.07. The van der Waals surface area contributed by atoms with E-state index in [9.17, 15) is 14.7 Å². The molecule has 1 saturated carbocycles. The molecule has 0 unspecified atom stereocenters. The van der Waals surface area contributed by atoms with Crippen LogP contribution in [0, 0.1) is 17.8 Å². The van der Waals surface area contributed by atoms with Gasteiger partial charge in [-0.05, 0) is 41.9 Å². The number of para-hydroxylation sites is 1. The second kappa shape index (κ2) is 7.58. The van der Waals surface area contributed by atoms with E-state index in [1.165, 1.54) is 5.56 Å². The van der Waals surface area contributed by atoms with Crippen LogP contribution in [0.2, 0.25) is 0 Å². The highest BCUT2D eigenvalue weighted by Gasteiger charge is 2.50. The summed E-state index contributed by atoms with van der Waals surface area (Å²) >= 11 is 0. The van der Waals surface area contributed by atoms with Gasteiger partial charge in [0.1, 0.15) is 5.82 Å². The van der Waals surface area contributed by atoms with Gasteiger partial charge in [-0.15, -0.1) is 0 Å². The van der Waals surface area contributed by atoms with Crippen molar-refractivity contribution in [1.82, 2.24) is 19.6 Å². The van der Waals surface area contributed by atoms with E-state index in [1.807, 2.05) is 54.6 Å². The van der Waals surface area contributed by atoms with Crippen LogP contribution in [0.25, 0.3) is 27.8 Å². The Kier molecular flexibility index (Phi) is 4.62. The Labute approximate surface area is 195 Å². The lowest BCUT2D eigenvalue weighted by atomic mass is 9.82. The fourth-order valence-corrected chi connectivity index (χ4v) is 5.59. The quantitative estimate of drug-likeness (QED) is 0.364. The molecule has 0 radical (unpaired) electrons. The molecule has 4 atom stereocenters. The summed E-state index contributed by atoms with van der Waals surface area (Å²) in [5, 5.41) is 15.5. The Morgan fingerprint density at radius 2 is 1.76 bits per heavy atom. The second-order valence-electron chi connectivity index (χ2n) is 9.60. The van der Waals surface area contributed by atoms with Crippen molar-refractivity contribution in [1.29, 1.82) is 0 Å². The molecule has 1 fully saturated rings. The molecule has 0 amide bonds. The highest BCUT2D eigenvalue weighted by atomic mass is 16.4. The van der Waals surface area contributed by atoms with Crippen LogP contribution < -0.4 is 5.56 Å². The molecule has 2 aliphatic rings. The fraction of sp³-hybridized carbons (Fsp3) is 0.296. The largest absolute Gasteiger partial charge is 0.481 e. The summed E-state index contributed by atoms with van der Waals surface area (Å²) in [7, 11) is 0. The summed E-state index contributed by atoms with van der Waals surface area (Å²) in [5.74, 6) is -0.786. The maximum atomic E-state index is 13.1. The zero-order chi connectivity index (χ0) is 23.6. The zero-order valence-electron chi connectivity index (χ0n) is 18.9. The normalized spacial score (nSPS) is 23.4. The molecule has 1 N–H and O–H groups in total. The van der Waals surface area contributed by atoms with Crippen LogP contribution in [0.3, 0.4) is 0 Å². The smallest absolute Gasteiger partial charge is 0.307 e. The molecule has 0 aliphatic heterocycles. The molecule has 2 aliphatic carbocycles. The molecule has 2 bridgehead atoms. The average Bonchev–Trinajstić information content (AvgIpc) is 3.45. The van der Waals surface area contributed by atoms with E-state index >= 15 is 0 Å². The Hall–Kier alpha value is -3.87. The van der Waals surface area contributed by atoms with E-state index < -0.39 is 17.4 Å². The van der Waals surface area contributed by atoms with Gasteiger partial charge in [-0.1, -0.05) is 62.4 Å². The van der Waals surface area contributed by atoms with Gasteiger partial charge in [-0.25, -0.2) is 4.98 Å². The number of aliphatic carboxylic acids is 1. The van der Waals surface area contributed by atoms with Crippen molar-refractivity contribution in [3.63, 3.8) is 0 Å². The summed E-state index contributed by atoms with van der Waals surface area (Å²) in [5.41, 5.74) is 2.75. The number of carbonyl (C=O) groups is 1. The standard InChI is InChI=1S/C27H24N4O3/c1-14(2)15-7-9-16(10-8-15)23-26(32)29-24-19-5-3-4-6-20(19)28-25(31(24)30-23)21-17-11-12-18(13-17)22(21)27(33)34/h3-12,14,17-18,21-22H,13H2,1-2H3,(H,33,34)/t17-,18-,21-,22-/m0/s1. The summed E-state index contributed by atoms with van der Waals surface area (Å²) in [4.78, 5) is 34.7. The molecule has 2 aromatic carbocycles. The van der Waals surface area contributed by atoms with Gasteiger partial charge in [0.15, 0.2) is 11.3 Å². The van der Waals surface area contributed by atoms with Crippen LogP contribution in [0.1, 0.15) is 43.5 Å². The van der Waals surface area contributed by atoms with Gasteiger partial charge in [-0.3, -0.25) is 9.59 Å². The number of fused-ring (bicyclic) bond motifs is 5. The molecule has 0 saturated heterocycles. The number of hydrogen-bond donors (Lipinski definition) is 1. The molecule has 6 rings (SSSR count). The van der Waals surface area contributed by atoms with Gasteiger partial charge in [-0.2, -0.15) is 14.6 Å². The van der Waals surface area contributed by atoms with Crippen molar-refractivity contribution in [2.24, 2.45) is 17.8 Å². The van der Waals surface area contributed by atoms with Crippen LogP contribution in [0.5, 0.6) is 0 Å². The summed E-state index contributed by atoms with van der Waals surface area (Å²) in [6.45, 7) is 4.23. The van der Waals surface area contributed by atoms with E-state index in [-0.39, 0.29) is 23.4 Å². The van der Waals surface area contributed by atoms with Gasteiger partial charge >= 0.3 is 5.97 Å². The monoisotopic (exact) mass is 452 g/mol. The van der Waals surface area contributed by atoms with Gasteiger partial charge < -0.3 is 5.11 Å². The number of carboxylic acids is 1. The maximum Gasteiger partial charge on any atom is 0.307 e. The molecule has 170 valence electrons. The maximum absolute atomic E-state index is 13.1. The van der Waals surface area contributed by atoms with Gasteiger partial charge in [0.2, 0.25) is 0 Å². The number of aromatic nitrogens is 4. The molecule has 2 heterocycles. The first kappa shape index (κ1) is 20.7. The van der Waals surface area contributed by atoms with Crippen molar-refractivity contribution in [2.45, 2.75) is 32.1 Å². The first-order chi connectivity index (χ1) is 16.4. The van der Waals surface area contributed by atoms with Crippen molar-refractivity contribution in [3.8, 4) is 11.3 Å². The fourth-order valence-electron chi connectivity index (χ4n) is 5.59. The first-order valence-corrected chi connectivity index (χ1v) is 11.6. The van der Waals surface area contributed by atoms with Crippen LogP contribution >= 0.6 is 0 Å². The minimum atomic E-state index is -0.830. The van der Waals surface area contributed by atoms with Crippen LogP contribution in [0.15, 0.2) is 65.5 Å². The topological polar surface area (TPSA) is 97.5 Å². The van der Waals surface area contributed by atoms with E-state index in [0.29, 0.717) is 33.9 Å². The molecule has 7 heteroatoms. The molecular weight excluding hydrogens is 428 g/mol. The lowest BCUT2D eigenvalue weighted by Gasteiger charge is -2.25. The molecule has 0 spiro atoms. The van der Waals surface area contributed by atoms with Crippen molar-refractivity contribution >= 4 is 22.5 Å². The molecule has 4 aromatic rings. The second-order valence-corrected chi connectivity index (χ2v) is 9.60. The van der Waals surface area contributed by atoms with E-state index in [0.717, 1.165) is 6.42 Å². The van der Waals surface area contributed by atoms with Crippen molar-refractivity contribution in [2.75, 3.05) is 0 Å². The lowest BCUT2D eigenvalue weighted by molar-refractivity contribution is -0.143. The number of benzene rings is 2. The van der Waals surface area contributed by atoms with Gasteiger partial charge in [0, 0.05) is 16.9 Å². The number of carboxylic acid groups (broad SMARTS) is 1. The van der Waals surface area contributed by atoms with Gasteiger partial charge in [0.25, 0.3) is 5.56 Å². The van der Waals surface area contributed by atoms with Gasteiger partial charge in [0.05, 0.1) is 11.4 Å². The Balaban J connectivity index is 1.62. The van der Waals surface area contributed by atoms with Crippen molar-refractivity contribution in [3.05, 3.63) is 82.4 Å². The Morgan fingerprint density at radius 1 is 1.03 bits per heavy atom. The summed E-state index contributed by atoms with van der Waals surface area (Å²) < 4.78 is 1.62. The number of allylic oxidation sites excluding steroid dienone is 2. The minimum absolute atomic E-state index is 0.0220. The van der Waals surface area contributed by atoms with E-state index in [4.69, 9.17) is 10.1 Å². The zero-order valence-corrected chi connectivity index (χ0v) is 18.9. The number of hydrogen-bond acceptors (Lipinski definition) is 5. The predicted molar refractivity (Wildman–Crippen MR) is 129 cm³/mol. The third-order valence-electron chi connectivity index (χ3n) is 7.30. The first-order valence-electron chi connectivity index (χ1n) is 11.6. The molecule has 7 nitrogen and oxygen atoms in total. The van der Waals surface area contributed by atoms with Crippen LogP contribution in [-0.4, -0.2) is 30.7 Å². The lowest BCUT2D eigenvalue weighted by Crippen LogP contribution is -2.29. The Morgan fingerprint density at radius 3 is 2.50 bits per heavy atom. The van der Waals surface area contributed by atoms with Crippen molar-refractivity contribution < 1.29 is 9.90 Å². The molecule has 34 heavy (non-hydrogen) atoms. The molecular formula is C27H24N4O3. The van der Waals surface area contributed by atoms with E-state index in [1.54, 1.807) is 4.52 Å². The number of nitrogens with zero attached hydrogens (tertiary/aromatic N) is 4. The summed E-state index contributed by atoms with van der Waals surface area (Å²) in [6, 6.07) is 15.2. The predicted octanol–water partition coefficient (Wildman–Crippen LogP) is 4.42. The minimum Gasteiger partial charge on any atom is -0.481 e.